The fraction of sp³-hybridized carbons (Fsp3) is 0.182. The molecule has 2 rings (SSSR count). The van der Waals surface area contributed by atoms with Crippen molar-refractivity contribution in [3.63, 3.8) is 0 Å². The van der Waals surface area contributed by atoms with Crippen LogP contribution in [0.1, 0.15) is 11.4 Å². The maximum absolute atomic E-state index is 12.3. The van der Waals surface area contributed by atoms with Gasteiger partial charge in [0.05, 0.1) is 5.69 Å². The van der Waals surface area contributed by atoms with Gasteiger partial charge in [-0.25, -0.2) is 9.67 Å². The standard InChI is InChI=1S/C11H7ClF2N4O/c1-6-4-7(5-15)18(17-6)10-8(19-11(13)14)2-3-9(12)16-10/h2-4,11H,1H3. The van der Waals surface area contributed by atoms with Gasteiger partial charge in [-0.3, -0.25) is 0 Å². The summed E-state index contributed by atoms with van der Waals surface area (Å²) in [5.41, 5.74) is 0.688. The number of hydrogen-bond donors (Lipinski definition) is 0. The van der Waals surface area contributed by atoms with Gasteiger partial charge in [0.1, 0.15) is 16.9 Å². The second-order valence-corrected chi connectivity index (χ2v) is 3.92. The minimum Gasteiger partial charge on any atom is -0.431 e. The third-order valence-corrected chi connectivity index (χ3v) is 2.38. The van der Waals surface area contributed by atoms with Gasteiger partial charge in [0, 0.05) is 0 Å². The zero-order chi connectivity index (χ0) is 14.0. The monoisotopic (exact) mass is 284 g/mol. The Balaban J connectivity index is 2.59. The van der Waals surface area contributed by atoms with Crippen molar-refractivity contribution in [2.24, 2.45) is 0 Å². The molecule has 0 saturated carbocycles. The Labute approximate surface area is 112 Å². The van der Waals surface area contributed by atoms with Gasteiger partial charge in [-0.2, -0.15) is 19.1 Å². The molecule has 2 aromatic heterocycles. The first-order valence-corrected chi connectivity index (χ1v) is 5.47. The number of rotatable bonds is 3. The molecular formula is C11H7ClF2N4O. The lowest BCUT2D eigenvalue weighted by molar-refractivity contribution is -0.0501. The highest BCUT2D eigenvalue weighted by atomic mass is 35.5. The molecule has 0 radical (unpaired) electrons. The number of nitrogens with zero attached hydrogens (tertiary/aromatic N) is 4. The fourth-order valence-electron chi connectivity index (χ4n) is 1.49. The summed E-state index contributed by atoms with van der Waals surface area (Å²) in [5, 5.41) is 13.1. The Morgan fingerprint density at radius 3 is 2.84 bits per heavy atom. The zero-order valence-electron chi connectivity index (χ0n) is 9.64. The van der Waals surface area contributed by atoms with E-state index in [9.17, 15) is 8.78 Å². The van der Waals surface area contributed by atoms with Gasteiger partial charge in [-0.15, -0.1) is 0 Å². The van der Waals surface area contributed by atoms with Crippen molar-refractivity contribution in [1.29, 1.82) is 5.26 Å². The molecule has 0 aromatic carbocycles. The maximum atomic E-state index is 12.3. The van der Waals surface area contributed by atoms with Crippen LogP contribution in [0.5, 0.6) is 5.75 Å². The van der Waals surface area contributed by atoms with E-state index in [-0.39, 0.29) is 22.4 Å². The molecule has 8 heteroatoms. The van der Waals surface area contributed by atoms with Crippen molar-refractivity contribution < 1.29 is 13.5 Å². The first-order chi connectivity index (χ1) is 9.01. The summed E-state index contributed by atoms with van der Waals surface area (Å²) in [6.07, 6.45) is 0. The molecule has 0 aliphatic rings. The van der Waals surface area contributed by atoms with Crippen LogP contribution in [-0.2, 0) is 0 Å². The number of ether oxygens (including phenoxy) is 1. The summed E-state index contributed by atoms with van der Waals surface area (Å²) in [6.45, 7) is -1.35. The average molecular weight is 285 g/mol. The topological polar surface area (TPSA) is 63.7 Å². The van der Waals surface area contributed by atoms with Gasteiger partial charge >= 0.3 is 6.61 Å². The molecule has 0 aliphatic carbocycles. The Hall–Kier alpha value is -2.20. The second kappa shape index (κ2) is 5.20. The number of aromatic nitrogens is 3. The molecule has 5 nitrogen and oxygen atoms in total. The van der Waals surface area contributed by atoms with E-state index in [0.717, 1.165) is 4.68 Å². The number of aryl methyl sites for hydroxylation is 1. The molecule has 0 amide bonds. The number of pyridine rings is 1. The summed E-state index contributed by atoms with van der Waals surface area (Å²) in [5.74, 6) is -0.267. The lowest BCUT2D eigenvalue weighted by Gasteiger charge is -2.10. The molecule has 0 aliphatic heterocycles. The number of nitriles is 1. The molecule has 2 heterocycles. The second-order valence-electron chi connectivity index (χ2n) is 3.53. The van der Waals surface area contributed by atoms with E-state index in [1.165, 1.54) is 18.2 Å². The predicted molar refractivity (Wildman–Crippen MR) is 62.5 cm³/mol. The van der Waals surface area contributed by atoms with E-state index in [1.54, 1.807) is 6.92 Å². The first kappa shape index (κ1) is 13.2. The zero-order valence-corrected chi connectivity index (χ0v) is 10.4. The quantitative estimate of drug-likeness (QED) is 0.813. The summed E-state index contributed by atoms with van der Waals surface area (Å²) >= 11 is 5.73. The molecular weight excluding hydrogens is 278 g/mol. The SMILES string of the molecule is Cc1cc(C#N)n(-c2nc(Cl)ccc2OC(F)F)n1. The van der Waals surface area contributed by atoms with Crippen LogP contribution < -0.4 is 4.74 Å². The third-order valence-electron chi connectivity index (χ3n) is 2.17. The van der Waals surface area contributed by atoms with Gasteiger partial charge in [-0.1, -0.05) is 11.6 Å². The Morgan fingerprint density at radius 1 is 1.47 bits per heavy atom. The fourth-order valence-corrected chi connectivity index (χ4v) is 1.64. The van der Waals surface area contributed by atoms with Crippen molar-refractivity contribution in [3.8, 4) is 17.6 Å². The molecule has 0 bridgehead atoms. The average Bonchev–Trinajstić information content (AvgIpc) is 2.72. The molecule has 0 atom stereocenters. The number of halogens is 3. The van der Waals surface area contributed by atoms with Crippen molar-refractivity contribution in [3.05, 3.63) is 34.7 Å². The summed E-state index contributed by atoms with van der Waals surface area (Å²) < 4.78 is 30.1. The molecule has 2 aromatic rings. The van der Waals surface area contributed by atoms with Crippen LogP contribution in [0.25, 0.3) is 5.82 Å². The van der Waals surface area contributed by atoms with Crippen LogP contribution in [-0.4, -0.2) is 21.4 Å². The molecule has 98 valence electrons. The van der Waals surface area contributed by atoms with E-state index in [0.29, 0.717) is 5.69 Å². The lowest BCUT2D eigenvalue weighted by Crippen LogP contribution is -2.09. The predicted octanol–water partition coefficient (Wildman–Crippen LogP) is 2.70. The van der Waals surface area contributed by atoms with E-state index >= 15 is 0 Å². The molecule has 0 spiro atoms. The van der Waals surface area contributed by atoms with E-state index in [4.69, 9.17) is 16.9 Å². The van der Waals surface area contributed by atoms with Crippen LogP contribution in [0, 0.1) is 18.3 Å². The minimum absolute atomic E-state index is 0.0579. The number of hydrogen-bond acceptors (Lipinski definition) is 4. The largest absolute Gasteiger partial charge is 0.431 e. The smallest absolute Gasteiger partial charge is 0.387 e. The Kier molecular flexibility index (Phi) is 3.62. The lowest BCUT2D eigenvalue weighted by atomic mass is 10.4. The van der Waals surface area contributed by atoms with Crippen molar-refractivity contribution in [2.45, 2.75) is 13.5 Å². The molecule has 0 saturated heterocycles. The van der Waals surface area contributed by atoms with Crippen molar-refractivity contribution in [1.82, 2.24) is 14.8 Å². The molecule has 19 heavy (non-hydrogen) atoms. The van der Waals surface area contributed by atoms with Crippen LogP contribution in [0.3, 0.4) is 0 Å². The van der Waals surface area contributed by atoms with Gasteiger partial charge < -0.3 is 4.74 Å². The van der Waals surface area contributed by atoms with Crippen molar-refractivity contribution in [2.75, 3.05) is 0 Å². The van der Waals surface area contributed by atoms with Gasteiger partial charge in [-0.05, 0) is 25.1 Å². The third kappa shape index (κ3) is 2.80. The van der Waals surface area contributed by atoms with Gasteiger partial charge in [0.15, 0.2) is 11.6 Å². The van der Waals surface area contributed by atoms with Gasteiger partial charge in [0.2, 0.25) is 0 Å². The van der Waals surface area contributed by atoms with Crippen LogP contribution in [0.2, 0.25) is 5.15 Å². The summed E-state index contributed by atoms with van der Waals surface area (Å²) in [4.78, 5) is 3.87. The van der Waals surface area contributed by atoms with E-state index in [1.807, 2.05) is 6.07 Å². The normalized spacial score (nSPS) is 10.5. The Morgan fingerprint density at radius 2 is 2.21 bits per heavy atom. The molecule has 0 unspecified atom stereocenters. The first-order valence-electron chi connectivity index (χ1n) is 5.09. The Bertz CT molecular complexity index is 651. The highest BCUT2D eigenvalue weighted by molar-refractivity contribution is 6.29. The van der Waals surface area contributed by atoms with E-state index in [2.05, 4.69) is 14.8 Å². The summed E-state index contributed by atoms with van der Waals surface area (Å²) in [6, 6.07) is 5.94. The summed E-state index contributed by atoms with van der Waals surface area (Å²) in [7, 11) is 0. The van der Waals surface area contributed by atoms with Crippen LogP contribution in [0.15, 0.2) is 18.2 Å². The van der Waals surface area contributed by atoms with Crippen LogP contribution >= 0.6 is 11.6 Å². The van der Waals surface area contributed by atoms with Crippen LogP contribution in [0.4, 0.5) is 8.78 Å². The van der Waals surface area contributed by atoms with Gasteiger partial charge in [0.25, 0.3) is 0 Å². The highest BCUT2D eigenvalue weighted by Gasteiger charge is 2.17. The maximum Gasteiger partial charge on any atom is 0.387 e. The van der Waals surface area contributed by atoms with Crippen molar-refractivity contribution >= 4 is 11.6 Å². The molecule has 0 N–H and O–H groups in total. The highest BCUT2D eigenvalue weighted by Crippen LogP contribution is 2.25. The van der Waals surface area contributed by atoms with E-state index < -0.39 is 6.61 Å². The minimum atomic E-state index is -3.01. The number of alkyl halides is 2. The molecule has 0 fully saturated rings.